The van der Waals surface area contributed by atoms with Gasteiger partial charge in [0.05, 0.1) is 6.10 Å². The van der Waals surface area contributed by atoms with Crippen LogP contribution >= 0.6 is 7.52 Å². The number of carbonyl (C=O) groups excluding carboxylic acids is 1. The summed E-state index contributed by atoms with van der Waals surface area (Å²) in [5.74, 6) is 2.62. The van der Waals surface area contributed by atoms with Crippen molar-refractivity contribution in [3.8, 4) is 0 Å². The molecule has 2 fully saturated rings. The van der Waals surface area contributed by atoms with Crippen LogP contribution in [0.15, 0.2) is 11.9 Å². The van der Waals surface area contributed by atoms with Crippen LogP contribution < -0.4 is 0 Å². The highest BCUT2D eigenvalue weighted by Crippen LogP contribution is 2.61. The highest BCUT2D eigenvalue weighted by molar-refractivity contribution is 7.59. The van der Waals surface area contributed by atoms with Crippen molar-refractivity contribution in [2.75, 3.05) is 6.54 Å². The van der Waals surface area contributed by atoms with E-state index in [0.29, 0.717) is 24.5 Å². The highest BCUT2D eigenvalue weighted by atomic mass is 31.2. The molecule has 2 aliphatic rings. The van der Waals surface area contributed by atoms with Crippen LogP contribution in [0.2, 0.25) is 0 Å². The van der Waals surface area contributed by atoms with Gasteiger partial charge in [-0.05, 0) is 51.4 Å². The molecule has 24 heavy (non-hydrogen) atoms. The van der Waals surface area contributed by atoms with Gasteiger partial charge in [-0.3, -0.25) is 9.36 Å². The summed E-state index contributed by atoms with van der Waals surface area (Å²) in [5, 5.41) is 0. The molecular weight excluding hydrogens is 321 g/mol. The molecule has 1 aliphatic heterocycles. The van der Waals surface area contributed by atoms with Crippen molar-refractivity contribution in [3.63, 3.8) is 0 Å². The van der Waals surface area contributed by atoms with E-state index in [1.165, 1.54) is 0 Å². The SMILES string of the molecule is CCC(CC)(CC)N1CC[C@H](C)O[P@]1(=O)/C=C/CC1CCC(=O)C1. The van der Waals surface area contributed by atoms with Crippen LogP contribution in [0.25, 0.3) is 0 Å². The Morgan fingerprint density at radius 2 is 1.92 bits per heavy atom. The fourth-order valence-electron chi connectivity index (χ4n) is 4.24. The molecule has 0 N–H and O–H groups in total. The lowest BCUT2D eigenvalue weighted by atomic mass is 9.89. The van der Waals surface area contributed by atoms with Gasteiger partial charge in [-0.25, -0.2) is 4.67 Å². The monoisotopic (exact) mass is 355 g/mol. The Balaban J connectivity index is 2.16. The summed E-state index contributed by atoms with van der Waals surface area (Å²) in [4.78, 5) is 11.4. The van der Waals surface area contributed by atoms with Gasteiger partial charge in [0.1, 0.15) is 5.78 Å². The zero-order chi connectivity index (χ0) is 17.8. The lowest BCUT2D eigenvalue weighted by molar-refractivity contribution is -0.117. The molecule has 3 atom stereocenters. The molecule has 0 amide bonds. The molecule has 0 aromatic heterocycles. The first-order valence-corrected chi connectivity index (χ1v) is 11.3. The van der Waals surface area contributed by atoms with Crippen LogP contribution in [-0.4, -0.2) is 28.6 Å². The number of rotatable bonds is 7. The predicted molar refractivity (Wildman–Crippen MR) is 99.2 cm³/mol. The molecule has 0 spiro atoms. The van der Waals surface area contributed by atoms with Crippen LogP contribution in [-0.2, 0) is 13.9 Å². The van der Waals surface area contributed by atoms with E-state index in [-0.39, 0.29) is 11.6 Å². The summed E-state index contributed by atoms with van der Waals surface area (Å²) >= 11 is 0. The van der Waals surface area contributed by atoms with Crippen molar-refractivity contribution in [3.05, 3.63) is 11.9 Å². The van der Waals surface area contributed by atoms with Gasteiger partial charge in [0.15, 0.2) is 0 Å². The molecule has 2 rings (SSSR count). The van der Waals surface area contributed by atoms with E-state index in [0.717, 1.165) is 45.1 Å². The second kappa shape index (κ2) is 8.29. The van der Waals surface area contributed by atoms with Crippen molar-refractivity contribution in [2.45, 2.75) is 90.7 Å². The normalized spacial score (nSPS) is 32.8. The van der Waals surface area contributed by atoms with Crippen LogP contribution in [0.1, 0.15) is 79.1 Å². The molecular formula is C19H34NO3P. The standard InChI is InChI=1S/C19H34NO3P/c1-5-19(6-2,7-3)20-13-12-16(4)23-24(20,22)14-8-9-17-10-11-18(21)15-17/h8,14,16-17H,5-7,9-13,15H2,1-4H3/b14-8+/t16-,17?,24+/m0/s1. The Kier molecular flexibility index (Phi) is 6.87. The quantitative estimate of drug-likeness (QED) is 0.563. The first kappa shape index (κ1) is 19.9. The van der Waals surface area contributed by atoms with Crippen LogP contribution in [0.5, 0.6) is 0 Å². The minimum atomic E-state index is -2.96. The molecule has 1 heterocycles. The molecule has 138 valence electrons. The summed E-state index contributed by atoms with van der Waals surface area (Å²) in [7, 11) is -2.96. The average molecular weight is 355 g/mol. The summed E-state index contributed by atoms with van der Waals surface area (Å²) < 4.78 is 21.9. The first-order chi connectivity index (χ1) is 11.4. The van der Waals surface area contributed by atoms with E-state index in [2.05, 4.69) is 25.4 Å². The number of hydrogen-bond acceptors (Lipinski definition) is 3. The van der Waals surface area contributed by atoms with Crippen LogP contribution in [0.3, 0.4) is 0 Å². The maximum absolute atomic E-state index is 13.7. The number of nitrogens with zero attached hydrogens (tertiary/aromatic N) is 1. The maximum Gasteiger partial charge on any atom is 0.295 e. The third kappa shape index (κ3) is 4.20. The average Bonchev–Trinajstić information content (AvgIpc) is 2.96. The Hall–Kier alpha value is -0.440. The topological polar surface area (TPSA) is 46.6 Å². The first-order valence-electron chi connectivity index (χ1n) is 9.64. The van der Waals surface area contributed by atoms with Crippen molar-refractivity contribution in [2.24, 2.45) is 5.92 Å². The number of ketones is 1. The molecule has 5 heteroatoms. The van der Waals surface area contributed by atoms with Gasteiger partial charge in [0.25, 0.3) is 7.52 Å². The van der Waals surface area contributed by atoms with Gasteiger partial charge >= 0.3 is 0 Å². The summed E-state index contributed by atoms with van der Waals surface area (Å²) in [6.07, 6.45) is 9.10. The molecule has 0 aromatic carbocycles. The van der Waals surface area contributed by atoms with E-state index >= 15 is 0 Å². The van der Waals surface area contributed by atoms with E-state index in [1.54, 1.807) is 0 Å². The lowest BCUT2D eigenvalue weighted by Gasteiger charge is -2.48. The number of allylic oxidation sites excluding steroid dienone is 1. The zero-order valence-corrected chi connectivity index (χ0v) is 16.7. The summed E-state index contributed by atoms with van der Waals surface area (Å²) in [6, 6.07) is 0. The molecule has 1 aliphatic carbocycles. The van der Waals surface area contributed by atoms with Gasteiger partial charge in [0.2, 0.25) is 0 Å². The fourth-order valence-corrected chi connectivity index (χ4v) is 7.00. The third-order valence-corrected chi connectivity index (χ3v) is 8.59. The van der Waals surface area contributed by atoms with Crippen LogP contribution in [0, 0.1) is 5.92 Å². The molecule has 1 unspecified atom stereocenters. The second-order valence-electron chi connectivity index (χ2n) is 7.44. The fraction of sp³-hybridized carbons (Fsp3) is 0.842. The largest absolute Gasteiger partial charge is 0.311 e. The van der Waals surface area contributed by atoms with E-state index in [9.17, 15) is 9.36 Å². The minimum absolute atomic E-state index is 0.0352. The Morgan fingerprint density at radius 1 is 1.25 bits per heavy atom. The molecule has 1 saturated heterocycles. The highest BCUT2D eigenvalue weighted by Gasteiger charge is 2.45. The smallest absolute Gasteiger partial charge is 0.295 e. The van der Waals surface area contributed by atoms with Crippen LogP contribution in [0.4, 0.5) is 0 Å². The van der Waals surface area contributed by atoms with Crippen molar-refractivity contribution >= 4 is 13.3 Å². The van der Waals surface area contributed by atoms with Crippen molar-refractivity contribution in [1.82, 2.24) is 4.67 Å². The van der Waals surface area contributed by atoms with Crippen molar-refractivity contribution < 1.29 is 13.9 Å². The number of Topliss-reactive ketones (excluding diaryl/α,β-unsaturated/α-hetero) is 1. The van der Waals surface area contributed by atoms with Gasteiger partial charge in [0, 0.05) is 30.7 Å². The molecule has 4 nitrogen and oxygen atoms in total. The van der Waals surface area contributed by atoms with E-state index in [1.807, 2.05) is 18.8 Å². The molecule has 0 bridgehead atoms. The zero-order valence-electron chi connectivity index (χ0n) is 15.8. The Bertz CT molecular complexity index is 504. The molecule has 0 aromatic rings. The second-order valence-corrected chi connectivity index (χ2v) is 9.56. The van der Waals surface area contributed by atoms with Gasteiger partial charge in [-0.15, -0.1) is 0 Å². The maximum atomic E-state index is 13.7. The summed E-state index contributed by atoms with van der Waals surface area (Å²) in [5.41, 5.74) is -0.0522. The predicted octanol–water partition coefficient (Wildman–Crippen LogP) is 5.53. The van der Waals surface area contributed by atoms with Gasteiger partial charge in [-0.2, -0.15) is 0 Å². The Morgan fingerprint density at radius 3 is 2.46 bits per heavy atom. The van der Waals surface area contributed by atoms with E-state index < -0.39 is 7.52 Å². The summed E-state index contributed by atoms with van der Waals surface area (Å²) in [6.45, 7) is 9.40. The lowest BCUT2D eigenvalue weighted by Crippen LogP contribution is -2.48. The molecule has 1 saturated carbocycles. The van der Waals surface area contributed by atoms with Gasteiger partial charge in [-0.1, -0.05) is 26.8 Å². The van der Waals surface area contributed by atoms with Gasteiger partial charge < -0.3 is 4.52 Å². The minimum Gasteiger partial charge on any atom is -0.311 e. The number of hydrogen-bond donors (Lipinski definition) is 0. The Labute approximate surface area is 147 Å². The van der Waals surface area contributed by atoms with Crippen molar-refractivity contribution in [1.29, 1.82) is 0 Å². The molecule has 0 radical (unpaired) electrons. The van der Waals surface area contributed by atoms with E-state index in [4.69, 9.17) is 4.52 Å². The number of carbonyl (C=O) groups is 1. The third-order valence-electron chi connectivity index (χ3n) is 6.05.